The number of aromatic nitrogens is 4. The van der Waals surface area contributed by atoms with Gasteiger partial charge in [-0.15, -0.1) is 11.3 Å². The lowest BCUT2D eigenvalue weighted by molar-refractivity contribution is 1.07. The van der Waals surface area contributed by atoms with Crippen LogP contribution in [0.4, 0.5) is 0 Å². The summed E-state index contributed by atoms with van der Waals surface area (Å²) < 4.78 is 4.98. The van der Waals surface area contributed by atoms with Crippen molar-refractivity contribution in [3.63, 3.8) is 0 Å². The zero-order valence-electron chi connectivity index (χ0n) is 32.3. The van der Waals surface area contributed by atoms with Gasteiger partial charge in [0.05, 0.1) is 16.7 Å². The van der Waals surface area contributed by atoms with Crippen molar-refractivity contribution in [2.24, 2.45) is 0 Å². The van der Waals surface area contributed by atoms with Crippen molar-refractivity contribution in [2.75, 3.05) is 0 Å². The molecule has 0 unspecified atom stereocenters. The van der Waals surface area contributed by atoms with E-state index in [1.54, 1.807) is 0 Å². The number of thiophene rings is 1. The summed E-state index contributed by atoms with van der Waals surface area (Å²) in [5.41, 5.74) is 10.7. The first-order valence-corrected chi connectivity index (χ1v) is 21.0. The van der Waals surface area contributed by atoms with E-state index in [2.05, 4.69) is 193 Å². The lowest BCUT2D eigenvalue weighted by Gasteiger charge is -2.16. The summed E-state index contributed by atoms with van der Waals surface area (Å²) in [4.78, 5) is 15.4. The first-order valence-electron chi connectivity index (χ1n) is 20.2. The van der Waals surface area contributed by atoms with Gasteiger partial charge in [-0.25, -0.2) is 15.0 Å². The lowest BCUT2D eigenvalue weighted by atomic mass is 10.0. The molecular weight excluding hydrogens is 749 g/mol. The summed E-state index contributed by atoms with van der Waals surface area (Å²) in [6.07, 6.45) is 0. The molecule has 5 heteroatoms. The highest BCUT2D eigenvalue weighted by Crippen LogP contribution is 2.40. The van der Waals surface area contributed by atoms with Crippen molar-refractivity contribution in [3.8, 4) is 62.1 Å². The molecule has 9 aromatic carbocycles. The molecule has 60 heavy (non-hydrogen) atoms. The smallest absolute Gasteiger partial charge is 0.164 e. The standard InChI is InChI=1S/C55H34N4S/c1-3-13-36(14-4-1)43-29-28-42(32-50(43)59-48-21-11-9-19-44(48)45-20-10-12-22-49(45)59)55-57-53(37-15-5-2-6-16-37)56-54(58-55)38-25-23-35(24-26-38)41-27-30-46-47-31-39-17-7-8-18-40(39)33-52(47)60-51(46)34-41/h1-34H. The van der Waals surface area contributed by atoms with Crippen molar-refractivity contribution < 1.29 is 0 Å². The van der Waals surface area contributed by atoms with E-state index in [0.717, 1.165) is 50.1 Å². The monoisotopic (exact) mass is 782 g/mol. The maximum Gasteiger partial charge on any atom is 0.164 e. The molecular formula is C55H34N4S. The molecule has 0 N–H and O–H groups in total. The molecule has 280 valence electrons. The molecule has 12 rings (SSSR count). The molecule has 0 saturated heterocycles. The van der Waals surface area contributed by atoms with Crippen LogP contribution >= 0.6 is 11.3 Å². The van der Waals surface area contributed by atoms with Gasteiger partial charge in [0, 0.05) is 53.2 Å². The van der Waals surface area contributed by atoms with Crippen LogP contribution in [0.25, 0.3) is 115 Å². The Kier molecular flexibility index (Phi) is 8.00. The van der Waals surface area contributed by atoms with Crippen LogP contribution in [-0.4, -0.2) is 19.5 Å². The quantitative estimate of drug-likeness (QED) is 0.169. The van der Waals surface area contributed by atoms with Crippen LogP contribution in [0, 0.1) is 0 Å². The van der Waals surface area contributed by atoms with E-state index in [1.807, 2.05) is 29.5 Å². The van der Waals surface area contributed by atoms with Gasteiger partial charge >= 0.3 is 0 Å². The van der Waals surface area contributed by atoms with E-state index in [4.69, 9.17) is 15.0 Å². The van der Waals surface area contributed by atoms with Crippen LogP contribution in [-0.2, 0) is 0 Å². The first kappa shape index (κ1) is 34.3. The van der Waals surface area contributed by atoms with Gasteiger partial charge in [0.15, 0.2) is 17.5 Å². The SMILES string of the molecule is c1ccc(-c2nc(-c3ccc(-c4ccc5c(c4)sc4cc6ccccc6cc45)cc3)nc(-c3ccc(-c4ccccc4)c(-n4c5ccccc5c5ccccc54)c3)n2)cc1. The van der Waals surface area contributed by atoms with Crippen molar-refractivity contribution in [1.82, 2.24) is 19.5 Å². The second-order valence-corrected chi connectivity index (χ2v) is 16.3. The van der Waals surface area contributed by atoms with Gasteiger partial charge in [0.2, 0.25) is 0 Å². The molecule has 4 nitrogen and oxygen atoms in total. The van der Waals surface area contributed by atoms with E-state index >= 15 is 0 Å². The van der Waals surface area contributed by atoms with Crippen molar-refractivity contribution >= 4 is 64.1 Å². The third-order valence-electron chi connectivity index (χ3n) is 11.6. The minimum absolute atomic E-state index is 0.618. The maximum absolute atomic E-state index is 5.21. The molecule has 0 bridgehead atoms. The summed E-state index contributed by atoms with van der Waals surface area (Å²) in [6.45, 7) is 0. The second kappa shape index (κ2) is 14.0. The maximum atomic E-state index is 5.21. The summed E-state index contributed by atoms with van der Waals surface area (Å²) in [6, 6.07) is 73.4. The zero-order valence-corrected chi connectivity index (χ0v) is 33.1. The third-order valence-corrected chi connectivity index (χ3v) is 12.8. The van der Waals surface area contributed by atoms with E-state index in [1.165, 1.54) is 47.3 Å². The topological polar surface area (TPSA) is 43.6 Å². The Morgan fingerprint density at radius 1 is 0.317 bits per heavy atom. The van der Waals surface area contributed by atoms with Gasteiger partial charge in [0.25, 0.3) is 0 Å². The number of hydrogen-bond donors (Lipinski definition) is 0. The molecule has 12 aromatic rings. The normalized spacial score (nSPS) is 11.7. The predicted molar refractivity (Wildman–Crippen MR) is 252 cm³/mol. The number of rotatable bonds is 6. The Labute approximate surface area is 350 Å². The van der Waals surface area contributed by atoms with Crippen LogP contribution in [0.5, 0.6) is 0 Å². The first-order chi connectivity index (χ1) is 29.7. The molecule has 0 aliphatic heterocycles. The molecule has 0 atom stereocenters. The Balaban J connectivity index is 0.985. The van der Waals surface area contributed by atoms with E-state index in [-0.39, 0.29) is 0 Å². The summed E-state index contributed by atoms with van der Waals surface area (Å²) >= 11 is 1.86. The molecule has 0 fully saturated rings. The van der Waals surface area contributed by atoms with Gasteiger partial charge in [-0.3, -0.25) is 0 Å². The molecule has 0 saturated carbocycles. The van der Waals surface area contributed by atoms with Gasteiger partial charge in [-0.2, -0.15) is 0 Å². The number of nitrogens with zero attached hydrogens (tertiary/aromatic N) is 4. The van der Waals surface area contributed by atoms with Gasteiger partial charge < -0.3 is 4.57 Å². The predicted octanol–water partition coefficient (Wildman–Crippen LogP) is 14.8. The average Bonchev–Trinajstić information content (AvgIpc) is 3.85. The van der Waals surface area contributed by atoms with Crippen LogP contribution in [0.3, 0.4) is 0 Å². The van der Waals surface area contributed by atoms with Crippen molar-refractivity contribution in [1.29, 1.82) is 0 Å². The van der Waals surface area contributed by atoms with Gasteiger partial charge in [-0.05, 0) is 63.9 Å². The summed E-state index contributed by atoms with van der Waals surface area (Å²) in [7, 11) is 0. The molecule has 0 radical (unpaired) electrons. The molecule has 0 amide bonds. The van der Waals surface area contributed by atoms with Gasteiger partial charge in [0.1, 0.15) is 0 Å². The Bertz CT molecular complexity index is 3530. The highest BCUT2D eigenvalue weighted by atomic mass is 32.1. The molecule has 0 spiro atoms. The highest BCUT2D eigenvalue weighted by molar-refractivity contribution is 7.25. The minimum Gasteiger partial charge on any atom is -0.309 e. The molecule has 0 aliphatic rings. The number of benzene rings is 9. The third kappa shape index (κ3) is 5.78. The van der Waals surface area contributed by atoms with E-state index < -0.39 is 0 Å². The Hall–Kier alpha value is -7.73. The fraction of sp³-hybridized carbons (Fsp3) is 0. The van der Waals surface area contributed by atoms with Crippen molar-refractivity contribution in [3.05, 3.63) is 206 Å². The van der Waals surface area contributed by atoms with Crippen molar-refractivity contribution in [2.45, 2.75) is 0 Å². The van der Waals surface area contributed by atoms with Crippen LogP contribution in [0.1, 0.15) is 0 Å². The fourth-order valence-corrected chi connectivity index (χ4v) is 9.88. The second-order valence-electron chi connectivity index (χ2n) is 15.2. The van der Waals surface area contributed by atoms with Gasteiger partial charge in [-0.1, -0.05) is 170 Å². The molecule has 3 aromatic heterocycles. The molecule has 0 aliphatic carbocycles. The summed E-state index contributed by atoms with van der Waals surface area (Å²) in [5.74, 6) is 1.88. The average molecular weight is 783 g/mol. The van der Waals surface area contributed by atoms with E-state index in [0.29, 0.717) is 17.5 Å². The van der Waals surface area contributed by atoms with Crippen LogP contribution in [0.15, 0.2) is 206 Å². The minimum atomic E-state index is 0.618. The van der Waals surface area contributed by atoms with Crippen LogP contribution in [0.2, 0.25) is 0 Å². The van der Waals surface area contributed by atoms with Crippen LogP contribution < -0.4 is 0 Å². The molecule has 3 heterocycles. The highest BCUT2D eigenvalue weighted by Gasteiger charge is 2.19. The van der Waals surface area contributed by atoms with E-state index in [9.17, 15) is 0 Å². The number of para-hydroxylation sites is 2. The largest absolute Gasteiger partial charge is 0.309 e. The number of hydrogen-bond acceptors (Lipinski definition) is 4. The zero-order chi connectivity index (χ0) is 39.6. The fourth-order valence-electron chi connectivity index (χ4n) is 8.70. The summed E-state index contributed by atoms with van der Waals surface area (Å²) in [5, 5.41) is 7.59. The lowest BCUT2D eigenvalue weighted by Crippen LogP contribution is -2.02. The number of fused-ring (bicyclic) bond motifs is 7. The Morgan fingerprint density at radius 3 is 1.50 bits per heavy atom. The Morgan fingerprint density at radius 2 is 0.817 bits per heavy atom.